The average molecular weight is 1770 g/mol. The van der Waals surface area contributed by atoms with Gasteiger partial charge in [-0.05, 0) is 78.1 Å². The van der Waals surface area contributed by atoms with Gasteiger partial charge in [0.15, 0.2) is 56.6 Å². The number of aliphatic hydroxyl groups excluding tert-OH is 15. The molecule has 0 bridgehead atoms. The van der Waals surface area contributed by atoms with Gasteiger partial charge < -0.3 is 248 Å². The molecule has 0 spiro atoms. The Morgan fingerprint density at radius 3 is 0.902 bits per heavy atom. The first kappa shape index (κ1) is 102. The van der Waals surface area contributed by atoms with Gasteiger partial charge in [0, 0.05) is 85.7 Å². The fourth-order valence-corrected chi connectivity index (χ4v) is 17.8. The summed E-state index contributed by atoms with van der Waals surface area (Å²) in [7, 11) is 0. The molecule has 714 valence electrons. The second-order valence-electron chi connectivity index (χ2n) is 34.9. The van der Waals surface area contributed by atoms with Gasteiger partial charge in [0.25, 0.3) is 0 Å². The van der Waals surface area contributed by atoms with Gasteiger partial charge in [-0.25, -0.2) is 0 Å². The van der Waals surface area contributed by atoms with Crippen LogP contribution in [-0.2, 0) is 85.3 Å². The Morgan fingerprint density at radius 2 is 0.590 bits per heavy atom. The molecule has 12 rings (SSSR count). The van der Waals surface area contributed by atoms with Crippen molar-refractivity contribution in [1.29, 1.82) is 0 Å². The fourth-order valence-electron chi connectivity index (χ4n) is 17.8. The van der Waals surface area contributed by atoms with Gasteiger partial charge in [-0.1, -0.05) is 20.8 Å². The van der Waals surface area contributed by atoms with Gasteiger partial charge in [-0.15, -0.1) is 0 Å². The molecule has 53 unspecified atom stereocenters. The van der Waals surface area contributed by atoms with Crippen molar-refractivity contribution < 1.29 is 162 Å². The quantitative estimate of drug-likeness (QED) is 0.0363. The maximum atomic E-state index is 11.2. The highest BCUT2D eigenvalue weighted by Gasteiger charge is 2.59. The summed E-state index contributed by atoms with van der Waals surface area (Å²) >= 11 is 0. The average Bonchev–Trinajstić information content (AvgIpc) is 1.69. The molecule has 3 aliphatic carbocycles. The molecule has 9 saturated heterocycles. The van der Waals surface area contributed by atoms with E-state index in [1.165, 1.54) is 0 Å². The molecule has 9 heterocycles. The lowest BCUT2D eigenvalue weighted by atomic mass is 9.84. The van der Waals surface area contributed by atoms with Crippen LogP contribution in [0.25, 0.3) is 0 Å². The van der Waals surface area contributed by atoms with E-state index in [1.54, 1.807) is 20.8 Å². The van der Waals surface area contributed by atoms with E-state index in [2.05, 4.69) is 0 Å². The molecule has 9 aliphatic heterocycles. The highest BCUT2D eigenvalue weighted by molar-refractivity contribution is 5.06. The van der Waals surface area contributed by atoms with Crippen LogP contribution in [0.2, 0.25) is 0 Å². The fraction of sp³-hybridized carbons (Fsp3) is 1.00. The second kappa shape index (κ2) is 45.5. The van der Waals surface area contributed by atoms with Gasteiger partial charge in [0.05, 0.1) is 92.9 Å². The summed E-state index contributed by atoms with van der Waals surface area (Å²) in [6.45, 7) is 7.09. The van der Waals surface area contributed by atoms with Gasteiger partial charge in [-0.2, -0.15) is 0 Å². The van der Waals surface area contributed by atoms with E-state index in [1.807, 2.05) is 13.8 Å². The zero-order valence-corrected chi connectivity index (χ0v) is 69.6. The van der Waals surface area contributed by atoms with Gasteiger partial charge in [0.1, 0.15) is 128 Å². The first-order valence-corrected chi connectivity index (χ1v) is 42.7. The Bertz CT molecular complexity index is 2950. The van der Waals surface area contributed by atoms with Crippen LogP contribution in [0.15, 0.2) is 0 Å². The molecule has 53 atom stereocenters. The summed E-state index contributed by atoms with van der Waals surface area (Å²) in [5.41, 5.74) is 91.3. The van der Waals surface area contributed by atoms with E-state index in [0.29, 0.717) is 44.9 Å². The standard InChI is InChI=1S/2C25H49N5O11.C24H47N5O11/c2*1-8-16(32)18(34)14(6-26)37-23(8)40-21-15(7-31)38-25(19(21)35)41-22-17(33)11(29)5-12(30)20(22)39-24-10(28)3-4-13(36-24)9(2)27;1-2-9-14(31)16(33)21(29)40-22(9)38-19-13(7-30)36-24(17(19)34)39-20-15(32)11(27)5-12(28)18(20)37-23-10(26)4-3-8(6-25)35-23/h2*8-25,31-35H,3-7,26-30H2,1-2H3;8-24,30-34H,2-7,25-29H2,1H3. The van der Waals surface area contributed by atoms with E-state index in [0.717, 1.165) is 0 Å². The molecule has 0 radical (unpaired) electrons. The SMILES string of the molecule is CC(N)C1CCC(N)C(OC2C(N)CC(N)C(O)C2OC2OC(CO)C(OC3OC(CN)C(O)C(O)C3C)C2O)O1.CC(N)C1CCC(N)C(OC2C(N)CC(N)C(O)C2OC2OC(CO)C(OC3OC(CN)C(O)C(O)C3C)C2O)O1.CCC1C(OC2C(CO)OC(OC3C(O)C(N)CC(N)C3OC3OC(CN)CCC3N)C2O)OC(N)C(O)C1O. The Hall–Kier alpha value is -1.92. The normalized spacial score (nSPS) is 52.0. The number of rotatable bonds is 27. The third kappa shape index (κ3) is 23.4. The van der Waals surface area contributed by atoms with Gasteiger partial charge in [-0.3, -0.25) is 0 Å². The minimum atomic E-state index is -1.48. The predicted molar refractivity (Wildman–Crippen MR) is 419 cm³/mol. The van der Waals surface area contributed by atoms with E-state index in [-0.39, 0.29) is 69.3 Å². The van der Waals surface area contributed by atoms with Crippen molar-refractivity contribution in [1.82, 2.24) is 0 Å². The van der Waals surface area contributed by atoms with Crippen LogP contribution in [0.1, 0.15) is 98.8 Å². The lowest BCUT2D eigenvalue weighted by Crippen LogP contribution is -2.65. The molecule has 48 nitrogen and oxygen atoms in total. The van der Waals surface area contributed by atoms with Crippen molar-refractivity contribution in [2.24, 2.45) is 104 Å². The monoisotopic (exact) mass is 1770 g/mol. The first-order valence-electron chi connectivity index (χ1n) is 42.7. The summed E-state index contributed by atoms with van der Waals surface area (Å²) in [6.07, 6.45) is -37.6. The summed E-state index contributed by atoms with van der Waals surface area (Å²) in [6, 6.07) is -6.23. The molecule has 0 amide bonds. The first-order chi connectivity index (χ1) is 57.7. The number of ether oxygens (including phenoxy) is 18. The van der Waals surface area contributed by atoms with E-state index >= 15 is 0 Å². The maximum absolute atomic E-state index is 11.2. The molecule has 122 heavy (non-hydrogen) atoms. The van der Waals surface area contributed by atoms with Crippen molar-refractivity contribution in [3.8, 4) is 0 Å². The van der Waals surface area contributed by atoms with E-state index < -0.39 is 313 Å². The van der Waals surface area contributed by atoms with Crippen molar-refractivity contribution in [2.45, 2.75) is 405 Å². The van der Waals surface area contributed by atoms with E-state index in [4.69, 9.17) is 171 Å². The lowest BCUT2D eigenvalue weighted by Gasteiger charge is -2.46. The Morgan fingerprint density at radius 1 is 0.287 bits per heavy atom. The zero-order valence-electron chi connectivity index (χ0n) is 69.6. The third-order valence-corrected chi connectivity index (χ3v) is 25.8. The number of nitrogens with two attached hydrogens (primary N) is 15. The topological polar surface area (TPSA) is 860 Å². The highest BCUT2D eigenvalue weighted by atomic mass is 16.8. The van der Waals surface area contributed by atoms with Crippen LogP contribution in [-0.4, -0.2) is 422 Å². The molecule has 12 fully saturated rings. The minimum Gasteiger partial charge on any atom is -0.394 e. The molecule has 0 aromatic carbocycles. The van der Waals surface area contributed by atoms with Crippen LogP contribution in [0.4, 0.5) is 0 Å². The molecule has 0 aromatic heterocycles. The van der Waals surface area contributed by atoms with E-state index in [9.17, 15) is 76.6 Å². The summed E-state index contributed by atoms with van der Waals surface area (Å²) in [5, 5.41) is 158. The van der Waals surface area contributed by atoms with Crippen molar-refractivity contribution in [2.75, 3.05) is 39.5 Å². The largest absolute Gasteiger partial charge is 0.394 e. The van der Waals surface area contributed by atoms with Gasteiger partial charge in [0.2, 0.25) is 0 Å². The number of hydrogen-bond acceptors (Lipinski definition) is 48. The minimum absolute atomic E-state index is 0.0789. The lowest BCUT2D eigenvalue weighted by molar-refractivity contribution is -0.301. The highest BCUT2D eigenvalue weighted by Crippen LogP contribution is 2.42. The smallest absolute Gasteiger partial charge is 0.187 e. The summed E-state index contributed by atoms with van der Waals surface area (Å²) in [4.78, 5) is 0. The number of hydrogen-bond donors (Lipinski definition) is 30. The molecular weight excluding hydrogens is 1630 g/mol. The van der Waals surface area contributed by atoms with Crippen molar-refractivity contribution in [3.05, 3.63) is 0 Å². The second-order valence-corrected chi connectivity index (χ2v) is 34.9. The number of aliphatic hydroxyl groups is 15. The molecule has 3 saturated carbocycles. The van der Waals surface area contributed by atoms with Crippen LogP contribution >= 0.6 is 0 Å². The van der Waals surface area contributed by atoms with Crippen LogP contribution < -0.4 is 86.0 Å². The summed E-state index contributed by atoms with van der Waals surface area (Å²) in [5.74, 6) is -2.08. The van der Waals surface area contributed by atoms with Crippen molar-refractivity contribution >= 4 is 0 Å². The van der Waals surface area contributed by atoms with Crippen molar-refractivity contribution in [3.63, 3.8) is 0 Å². The Kier molecular flexibility index (Phi) is 38.1. The molecule has 45 N–H and O–H groups in total. The zero-order chi connectivity index (χ0) is 89.6. The summed E-state index contributed by atoms with van der Waals surface area (Å²) < 4.78 is 107. The Labute approximate surface area is 707 Å². The van der Waals surface area contributed by atoms with Crippen LogP contribution in [0, 0.1) is 17.8 Å². The predicted octanol–water partition coefficient (Wildman–Crippen LogP) is -15.5. The molecule has 48 heteroatoms. The molecule has 12 aliphatic rings. The third-order valence-electron chi connectivity index (χ3n) is 25.8. The molecular formula is C74H145N15O33. The molecule has 0 aromatic rings. The van der Waals surface area contributed by atoms with Crippen LogP contribution in [0.5, 0.6) is 0 Å². The van der Waals surface area contributed by atoms with Gasteiger partial charge >= 0.3 is 0 Å². The Balaban J connectivity index is 0.000000192. The van der Waals surface area contributed by atoms with Crippen LogP contribution in [0.3, 0.4) is 0 Å². The maximum Gasteiger partial charge on any atom is 0.187 e.